The Balaban J connectivity index is 2.82. The van der Waals surface area contributed by atoms with Crippen LogP contribution in [0.25, 0.3) is 0 Å². The average molecular weight is 222 g/mol. The number of carbonyl (C=O) groups excluding carboxylic acids is 1. The normalized spacial score (nSPS) is 14.3. The van der Waals surface area contributed by atoms with Gasteiger partial charge < -0.3 is 9.84 Å². The first kappa shape index (κ1) is 12.2. The molecule has 0 spiro atoms. The fraction of sp³-hybridized carbons (Fsp3) is 0.333. The molecule has 0 amide bonds. The zero-order chi connectivity index (χ0) is 12.1. The van der Waals surface area contributed by atoms with Crippen LogP contribution in [0.1, 0.15) is 19.8 Å². The van der Waals surface area contributed by atoms with Gasteiger partial charge in [-0.1, -0.05) is 18.2 Å². The second-order valence-corrected chi connectivity index (χ2v) is 3.54. The van der Waals surface area contributed by atoms with Gasteiger partial charge in [0.25, 0.3) is 0 Å². The molecule has 0 heterocycles. The molecule has 1 saturated carbocycles. The molecule has 4 nitrogen and oxygen atoms in total. The molecule has 1 N–H and O–H groups in total. The molecule has 1 aliphatic carbocycles. The Morgan fingerprint density at radius 3 is 2.56 bits per heavy atom. The molecule has 0 aromatic rings. The fourth-order valence-electron chi connectivity index (χ4n) is 1.13. The maximum absolute atomic E-state index is 11.6. The van der Waals surface area contributed by atoms with Gasteiger partial charge in [0.15, 0.2) is 0 Å². The Morgan fingerprint density at radius 2 is 2.12 bits per heavy atom. The van der Waals surface area contributed by atoms with Crippen molar-refractivity contribution in [2.75, 3.05) is 6.61 Å². The highest BCUT2D eigenvalue weighted by Crippen LogP contribution is 2.33. The first-order valence-electron chi connectivity index (χ1n) is 4.98. The number of hydrogen-bond acceptors (Lipinski definition) is 3. The maximum atomic E-state index is 11.6. The summed E-state index contributed by atoms with van der Waals surface area (Å²) in [5, 5.41) is 8.73. The number of carbonyl (C=O) groups is 2. The summed E-state index contributed by atoms with van der Waals surface area (Å²) in [5.74, 6) is -1.51. The Labute approximate surface area is 93.9 Å². The lowest BCUT2D eigenvalue weighted by Crippen LogP contribution is -2.08. The predicted octanol–water partition coefficient (Wildman–Crippen LogP) is 1.84. The summed E-state index contributed by atoms with van der Waals surface area (Å²) in [4.78, 5) is 22.2. The summed E-state index contributed by atoms with van der Waals surface area (Å²) in [6.45, 7) is 5.02. The average Bonchev–Trinajstić information content (AvgIpc) is 3.05. The summed E-state index contributed by atoms with van der Waals surface area (Å²) in [5.41, 5.74) is 1.46. The Kier molecular flexibility index (Phi) is 4.05. The standard InChI is InChI=1S/C12H14O4/c1-3-6-16-12(15)10(9-4-5-9)7-8(2)11(13)14/h3,7H,1,4-6H2,2H3,(H,13,14). The predicted molar refractivity (Wildman–Crippen MR) is 58.8 cm³/mol. The Morgan fingerprint density at radius 1 is 1.50 bits per heavy atom. The monoisotopic (exact) mass is 222 g/mol. The third kappa shape index (κ3) is 3.38. The van der Waals surface area contributed by atoms with E-state index in [0.29, 0.717) is 5.57 Å². The van der Waals surface area contributed by atoms with Crippen molar-refractivity contribution in [2.45, 2.75) is 19.8 Å². The van der Waals surface area contributed by atoms with Gasteiger partial charge in [0.05, 0.1) is 5.57 Å². The van der Waals surface area contributed by atoms with Crippen LogP contribution in [0.15, 0.2) is 35.5 Å². The van der Waals surface area contributed by atoms with Crippen LogP contribution in [-0.2, 0) is 14.3 Å². The van der Waals surface area contributed by atoms with Crippen molar-refractivity contribution in [3.05, 3.63) is 35.5 Å². The molecule has 0 aliphatic heterocycles. The van der Waals surface area contributed by atoms with Gasteiger partial charge in [0.1, 0.15) is 6.61 Å². The number of rotatable bonds is 5. The van der Waals surface area contributed by atoms with Crippen LogP contribution in [0.5, 0.6) is 0 Å². The molecule has 0 unspecified atom stereocenters. The molecule has 1 aliphatic rings. The minimum absolute atomic E-state index is 0.130. The van der Waals surface area contributed by atoms with Crippen molar-refractivity contribution in [3.63, 3.8) is 0 Å². The summed E-state index contributed by atoms with van der Waals surface area (Å²) in [7, 11) is 0. The van der Waals surface area contributed by atoms with E-state index in [1.807, 2.05) is 0 Å². The molecule has 16 heavy (non-hydrogen) atoms. The summed E-state index contributed by atoms with van der Waals surface area (Å²) >= 11 is 0. The summed E-state index contributed by atoms with van der Waals surface area (Å²) < 4.78 is 4.88. The SMILES string of the molecule is C=CCOC(=O)C(C=C(C)C(=O)O)=C1CC1. The van der Waals surface area contributed by atoms with Gasteiger partial charge in [0.2, 0.25) is 0 Å². The van der Waals surface area contributed by atoms with Gasteiger partial charge >= 0.3 is 11.9 Å². The van der Waals surface area contributed by atoms with Gasteiger partial charge in [-0.25, -0.2) is 9.59 Å². The quantitative estimate of drug-likeness (QED) is 0.438. The molecule has 0 atom stereocenters. The molecule has 0 radical (unpaired) electrons. The lowest BCUT2D eigenvalue weighted by Gasteiger charge is -2.03. The Bertz CT molecular complexity index is 382. The van der Waals surface area contributed by atoms with E-state index >= 15 is 0 Å². The van der Waals surface area contributed by atoms with Crippen LogP contribution in [-0.4, -0.2) is 23.7 Å². The molecule has 0 aromatic carbocycles. The third-order valence-electron chi connectivity index (χ3n) is 2.13. The number of carboxylic acid groups (broad SMARTS) is 1. The van der Waals surface area contributed by atoms with Crippen molar-refractivity contribution in [3.8, 4) is 0 Å². The van der Waals surface area contributed by atoms with E-state index in [9.17, 15) is 9.59 Å². The molecule has 0 bridgehead atoms. The van der Waals surface area contributed by atoms with E-state index in [1.54, 1.807) is 0 Å². The number of esters is 1. The molecule has 1 rings (SSSR count). The second kappa shape index (κ2) is 5.30. The molecular formula is C12H14O4. The van der Waals surface area contributed by atoms with Crippen LogP contribution in [0.2, 0.25) is 0 Å². The van der Waals surface area contributed by atoms with Crippen LogP contribution in [0.3, 0.4) is 0 Å². The van der Waals surface area contributed by atoms with E-state index < -0.39 is 11.9 Å². The van der Waals surface area contributed by atoms with Gasteiger partial charge in [-0.2, -0.15) is 0 Å². The van der Waals surface area contributed by atoms with Crippen molar-refractivity contribution in [1.29, 1.82) is 0 Å². The van der Waals surface area contributed by atoms with E-state index in [0.717, 1.165) is 18.4 Å². The number of allylic oxidation sites excluding steroid dienone is 1. The zero-order valence-corrected chi connectivity index (χ0v) is 9.16. The van der Waals surface area contributed by atoms with Gasteiger partial charge in [-0.05, 0) is 25.8 Å². The smallest absolute Gasteiger partial charge is 0.338 e. The maximum Gasteiger partial charge on any atom is 0.338 e. The molecule has 4 heteroatoms. The first-order valence-corrected chi connectivity index (χ1v) is 4.98. The topological polar surface area (TPSA) is 63.6 Å². The lowest BCUT2D eigenvalue weighted by atomic mass is 10.1. The first-order chi connectivity index (χ1) is 7.56. The highest BCUT2D eigenvalue weighted by atomic mass is 16.5. The second-order valence-electron chi connectivity index (χ2n) is 3.54. The Hall–Kier alpha value is -1.84. The van der Waals surface area contributed by atoms with Crippen LogP contribution < -0.4 is 0 Å². The number of aliphatic carboxylic acids is 1. The molecule has 0 aromatic heterocycles. The van der Waals surface area contributed by atoms with Gasteiger partial charge in [-0.15, -0.1) is 0 Å². The molecular weight excluding hydrogens is 208 g/mol. The summed E-state index contributed by atoms with van der Waals surface area (Å²) in [6.07, 6.45) is 4.51. The van der Waals surface area contributed by atoms with E-state index in [1.165, 1.54) is 19.1 Å². The van der Waals surface area contributed by atoms with Gasteiger partial charge in [0, 0.05) is 5.57 Å². The molecule has 0 saturated heterocycles. The minimum Gasteiger partial charge on any atom is -0.478 e. The fourth-order valence-corrected chi connectivity index (χ4v) is 1.13. The van der Waals surface area contributed by atoms with Crippen molar-refractivity contribution < 1.29 is 19.4 Å². The molecule has 86 valence electrons. The van der Waals surface area contributed by atoms with E-state index in [4.69, 9.17) is 9.84 Å². The lowest BCUT2D eigenvalue weighted by molar-refractivity contribution is -0.137. The van der Waals surface area contributed by atoms with Crippen molar-refractivity contribution in [2.24, 2.45) is 0 Å². The third-order valence-corrected chi connectivity index (χ3v) is 2.13. The van der Waals surface area contributed by atoms with Crippen molar-refractivity contribution in [1.82, 2.24) is 0 Å². The largest absolute Gasteiger partial charge is 0.478 e. The number of hydrogen-bond donors (Lipinski definition) is 1. The van der Waals surface area contributed by atoms with Crippen LogP contribution >= 0.6 is 0 Å². The summed E-state index contributed by atoms with van der Waals surface area (Å²) in [6, 6.07) is 0. The number of ether oxygens (including phenoxy) is 1. The zero-order valence-electron chi connectivity index (χ0n) is 9.16. The van der Waals surface area contributed by atoms with Crippen molar-refractivity contribution >= 4 is 11.9 Å². The van der Waals surface area contributed by atoms with E-state index in [2.05, 4.69) is 6.58 Å². The highest BCUT2D eigenvalue weighted by Gasteiger charge is 2.23. The highest BCUT2D eigenvalue weighted by molar-refractivity contribution is 5.96. The van der Waals surface area contributed by atoms with Crippen LogP contribution in [0.4, 0.5) is 0 Å². The molecule has 1 fully saturated rings. The van der Waals surface area contributed by atoms with Gasteiger partial charge in [-0.3, -0.25) is 0 Å². The minimum atomic E-state index is -1.03. The van der Waals surface area contributed by atoms with Crippen LogP contribution in [0, 0.1) is 0 Å². The van der Waals surface area contributed by atoms with E-state index in [-0.39, 0.29) is 12.2 Å². The number of carboxylic acids is 1.